The van der Waals surface area contributed by atoms with E-state index in [2.05, 4.69) is 160 Å². The zero-order valence-corrected chi connectivity index (χ0v) is 28.7. The van der Waals surface area contributed by atoms with Crippen molar-refractivity contribution in [3.8, 4) is 0 Å². The molecule has 0 N–H and O–H groups in total. The van der Waals surface area contributed by atoms with Gasteiger partial charge in [0.1, 0.15) is 0 Å². The number of benzene rings is 3. The molecule has 203 valence electrons. The zero-order chi connectivity index (χ0) is 26.0. The number of halogens is 2. The van der Waals surface area contributed by atoms with Crippen LogP contribution < -0.4 is 12.8 Å². The van der Waals surface area contributed by atoms with E-state index in [1.807, 2.05) is 0 Å². The van der Waals surface area contributed by atoms with Gasteiger partial charge in [0.25, 0.3) is 0 Å². The molecule has 0 bridgehead atoms. The first-order valence-corrected chi connectivity index (χ1v) is 31.7. The number of hydrogen-bond acceptors (Lipinski definition) is 0. The van der Waals surface area contributed by atoms with E-state index in [9.17, 15) is 0 Å². The SMILES string of the molecule is C[C](C)=[Zr]([CH3])([CH3])([CH3])([CH3])([C]1=CC=CC1)([c]1ccccc1)([c]1ccccc1)([c]1ccccc1)[c]1ccc[pH]1.Cl.Cl. The first kappa shape index (κ1) is 30.8. The number of hydrogen-bond donors (Lipinski definition) is 0. The van der Waals surface area contributed by atoms with Gasteiger partial charge in [-0.05, 0) is 0 Å². The molecule has 0 spiro atoms. The van der Waals surface area contributed by atoms with E-state index in [0.29, 0.717) is 8.19 Å². The second-order valence-corrected chi connectivity index (χ2v) is 83.9. The minimum absolute atomic E-state index is 0. The van der Waals surface area contributed by atoms with Crippen LogP contribution in [-0.2, 0) is 10.9 Å². The monoisotopic (exact) mass is 643 g/mol. The predicted molar refractivity (Wildman–Crippen MR) is 180 cm³/mol. The van der Waals surface area contributed by atoms with Crippen LogP contribution in [-0.4, -0.2) is 3.21 Å². The molecule has 38 heavy (non-hydrogen) atoms. The number of rotatable bonds is 5. The van der Waals surface area contributed by atoms with Crippen LogP contribution in [0.3, 0.4) is 0 Å². The van der Waals surface area contributed by atoms with Crippen LogP contribution >= 0.6 is 33.0 Å². The molecule has 4 heteroatoms. The van der Waals surface area contributed by atoms with Crippen LogP contribution in [0.5, 0.6) is 0 Å². The number of allylic oxidation sites excluding steroid dienone is 4. The summed E-state index contributed by atoms with van der Waals surface area (Å²) < 4.78 is 19.5. The molecule has 5 rings (SSSR count). The summed E-state index contributed by atoms with van der Waals surface area (Å²) in [6.45, 7) is 4.87. The Labute approximate surface area is 227 Å². The van der Waals surface area contributed by atoms with Crippen molar-refractivity contribution in [2.45, 2.75) is 38.8 Å². The fraction of sp³-hybridized carbons (Fsp3) is 0.206. The van der Waals surface area contributed by atoms with E-state index in [1.165, 1.54) is 19.3 Å². The summed E-state index contributed by atoms with van der Waals surface area (Å²) >= 11 is 0. The standard InChI is InChI=1S/3C6H5.C5H5.C4H4P.C3H6.4CH3.2ClH.Zr/c3*1-2-4-6-5-3-1;2*1-2-4-5-3-1;1-3-2;;;;;;;/h3*1-5H;1-3H,4H2;1-3,5H;1-2H3;4*1H3;2*1H;. The Hall–Kier alpha value is -1.75. The molecule has 1 unspecified atom stereocenters. The summed E-state index contributed by atoms with van der Waals surface area (Å²) in [6, 6.07) is 39.4. The molecule has 0 aliphatic heterocycles. The third-order valence-electron chi connectivity index (χ3n) is 16.4. The molecule has 3 aromatic carbocycles. The summed E-state index contributed by atoms with van der Waals surface area (Å²) in [5.41, 5.74) is 0. The Morgan fingerprint density at radius 3 is 1.32 bits per heavy atom. The van der Waals surface area contributed by atoms with Crippen LogP contribution in [0.15, 0.2) is 130 Å². The Bertz CT molecular complexity index is 1780. The molecule has 0 fully saturated rings. The van der Waals surface area contributed by atoms with Crippen LogP contribution in [0.25, 0.3) is 0 Å². The first-order valence-electron chi connectivity index (χ1n) is 13.4. The quantitative estimate of drug-likeness (QED) is 0.204. The van der Waals surface area contributed by atoms with Gasteiger partial charge in [-0.3, -0.25) is 0 Å². The maximum absolute atomic E-state index is 7.62. The maximum Gasteiger partial charge on any atom is -0.147 e. The minimum Gasteiger partial charge on any atom is -0.147 e. The van der Waals surface area contributed by atoms with Crippen molar-refractivity contribution in [1.82, 2.24) is 0 Å². The molecule has 0 saturated heterocycles. The molecule has 1 atom stereocenters. The second kappa shape index (κ2) is 5.83. The summed E-state index contributed by atoms with van der Waals surface area (Å²) in [5, 5.41) is 0. The molecule has 1 heterocycles. The fourth-order valence-corrected chi connectivity index (χ4v) is 67.0. The van der Waals surface area contributed by atoms with Gasteiger partial charge >= 0.3 is 204 Å². The Balaban J connectivity index is 0.00000200. The minimum atomic E-state index is -7.62. The van der Waals surface area contributed by atoms with Crippen LogP contribution in [0, 0.1) is 0 Å². The van der Waals surface area contributed by atoms with E-state index in [-0.39, 0.29) is 24.8 Å². The van der Waals surface area contributed by atoms with Crippen molar-refractivity contribution in [3.63, 3.8) is 0 Å². The van der Waals surface area contributed by atoms with E-state index < -0.39 is 10.9 Å². The molecule has 1 aromatic heterocycles. The zero-order valence-electron chi connectivity index (χ0n) is 23.6. The maximum atomic E-state index is 2.75. The Kier molecular flexibility index (Phi) is 4.72. The molecule has 1 aliphatic carbocycles. The average Bonchev–Trinajstić information content (AvgIpc) is 3.64. The van der Waals surface area contributed by atoms with E-state index in [1.54, 1.807) is 0 Å². The van der Waals surface area contributed by atoms with Crippen molar-refractivity contribution in [3.05, 3.63) is 130 Å². The topological polar surface area (TPSA) is 0 Å². The van der Waals surface area contributed by atoms with Gasteiger partial charge in [0.15, 0.2) is 0 Å². The van der Waals surface area contributed by atoms with Crippen LogP contribution in [0.4, 0.5) is 0 Å². The van der Waals surface area contributed by atoms with Gasteiger partial charge in [-0.15, -0.1) is 24.8 Å². The van der Waals surface area contributed by atoms with Crippen LogP contribution in [0.1, 0.15) is 20.3 Å². The third kappa shape index (κ3) is 1.82. The van der Waals surface area contributed by atoms with E-state index in [4.69, 9.17) is 0 Å². The van der Waals surface area contributed by atoms with Gasteiger partial charge in [0, 0.05) is 0 Å². The van der Waals surface area contributed by atoms with Gasteiger partial charge in [-0.25, -0.2) is 0 Å². The predicted octanol–water partition coefficient (Wildman–Crippen LogP) is 8.78. The van der Waals surface area contributed by atoms with Gasteiger partial charge in [-0.2, -0.15) is 0 Å². The van der Waals surface area contributed by atoms with E-state index in [0.717, 1.165) is 6.42 Å². The second-order valence-electron chi connectivity index (χ2n) is 18.4. The van der Waals surface area contributed by atoms with Gasteiger partial charge in [0.2, 0.25) is 0 Å². The van der Waals surface area contributed by atoms with Gasteiger partial charge in [-0.1, -0.05) is 0 Å². The van der Waals surface area contributed by atoms with Crippen LogP contribution in [0.2, 0.25) is 18.5 Å². The molecule has 0 amide bonds. The third-order valence-corrected chi connectivity index (χ3v) is 94.2. The van der Waals surface area contributed by atoms with E-state index >= 15 is 0 Å². The largest absolute Gasteiger partial charge is 0.147 e. The van der Waals surface area contributed by atoms with Crippen molar-refractivity contribution < 1.29 is 10.9 Å². The first-order chi connectivity index (χ1) is 16.6. The molecular formula is C34H44Cl2PZr. The summed E-state index contributed by atoms with van der Waals surface area (Å²) in [5.74, 6) is 2.39. The van der Waals surface area contributed by atoms with Gasteiger partial charge in [0.05, 0.1) is 0 Å². The Morgan fingerprint density at radius 2 is 1.03 bits per heavy atom. The van der Waals surface area contributed by atoms with Crippen molar-refractivity contribution in [2.24, 2.45) is 0 Å². The molecule has 4 aromatic rings. The Morgan fingerprint density at radius 1 is 0.605 bits per heavy atom. The normalized spacial score (nSPS) is 20.4. The van der Waals surface area contributed by atoms with Gasteiger partial charge < -0.3 is 0 Å². The molecule has 0 nitrogen and oxygen atoms in total. The fourth-order valence-electron chi connectivity index (χ4n) is 10.7. The summed E-state index contributed by atoms with van der Waals surface area (Å²) in [7, 11) is -7.09. The molecule has 0 radical (unpaired) electrons. The average molecular weight is 646 g/mol. The van der Waals surface area contributed by atoms with Crippen molar-refractivity contribution in [2.75, 3.05) is 0 Å². The molecule has 0 saturated carbocycles. The van der Waals surface area contributed by atoms with Crippen molar-refractivity contribution in [1.29, 1.82) is 0 Å². The molecule has 1 aliphatic rings. The van der Waals surface area contributed by atoms with Crippen molar-refractivity contribution >= 4 is 49.0 Å². The smallest absolute Gasteiger partial charge is 0.147 e. The molecular weight excluding hydrogens is 601 g/mol. The summed E-state index contributed by atoms with van der Waals surface area (Å²) in [4.78, 5) is 0. The summed E-state index contributed by atoms with van der Waals surface area (Å²) in [6.07, 6.45) is 8.00.